The Bertz CT molecular complexity index is 395. The average Bonchev–Trinajstić information content (AvgIpc) is 2.27. The highest BCUT2D eigenvalue weighted by molar-refractivity contribution is 7.99. The third-order valence-electron chi connectivity index (χ3n) is 2.36. The molecule has 17 heavy (non-hydrogen) atoms. The van der Waals surface area contributed by atoms with Crippen LogP contribution in [-0.4, -0.2) is 28.0 Å². The summed E-state index contributed by atoms with van der Waals surface area (Å²) in [6.07, 6.45) is 0.661. The summed E-state index contributed by atoms with van der Waals surface area (Å²) in [5.41, 5.74) is 0.613. The van der Waals surface area contributed by atoms with Gasteiger partial charge in [0.25, 0.3) is 0 Å². The number of carboxylic acids is 1. The van der Waals surface area contributed by atoms with Crippen LogP contribution in [-0.2, 0) is 5.75 Å². The van der Waals surface area contributed by atoms with Crippen molar-refractivity contribution in [2.45, 2.75) is 24.3 Å². The molecule has 0 saturated heterocycles. The van der Waals surface area contributed by atoms with Crippen molar-refractivity contribution >= 4 is 17.7 Å². The predicted octanol–water partition coefficient (Wildman–Crippen LogP) is 2.53. The highest BCUT2D eigenvalue weighted by Gasteiger charge is 2.12. The summed E-state index contributed by atoms with van der Waals surface area (Å²) in [7, 11) is 0. The SMILES string of the molecule is CC(CCO)SCc1ccc(F)cc1C(=O)O. The lowest BCUT2D eigenvalue weighted by Gasteiger charge is -2.11. The van der Waals surface area contributed by atoms with E-state index < -0.39 is 11.8 Å². The van der Waals surface area contributed by atoms with Crippen LogP contribution in [0.2, 0.25) is 0 Å². The monoisotopic (exact) mass is 258 g/mol. The summed E-state index contributed by atoms with van der Waals surface area (Å²) in [5, 5.41) is 17.9. The van der Waals surface area contributed by atoms with Crippen molar-refractivity contribution < 1.29 is 19.4 Å². The average molecular weight is 258 g/mol. The Hall–Kier alpha value is -1.07. The van der Waals surface area contributed by atoms with Crippen molar-refractivity contribution in [3.05, 3.63) is 35.1 Å². The van der Waals surface area contributed by atoms with Crippen LogP contribution in [0.1, 0.15) is 29.3 Å². The van der Waals surface area contributed by atoms with Gasteiger partial charge in [-0.05, 0) is 24.1 Å². The third-order valence-corrected chi connectivity index (χ3v) is 3.64. The summed E-state index contributed by atoms with van der Waals surface area (Å²) >= 11 is 1.55. The summed E-state index contributed by atoms with van der Waals surface area (Å²) in [6, 6.07) is 3.80. The first-order valence-electron chi connectivity index (χ1n) is 5.28. The van der Waals surface area contributed by atoms with Gasteiger partial charge in [0.15, 0.2) is 0 Å². The quantitative estimate of drug-likeness (QED) is 0.823. The topological polar surface area (TPSA) is 57.5 Å². The van der Waals surface area contributed by atoms with Crippen LogP contribution in [0.4, 0.5) is 4.39 Å². The summed E-state index contributed by atoms with van der Waals surface area (Å²) in [6.45, 7) is 2.08. The molecule has 94 valence electrons. The van der Waals surface area contributed by atoms with E-state index in [-0.39, 0.29) is 17.4 Å². The number of hydrogen-bond acceptors (Lipinski definition) is 3. The standard InChI is InChI=1S/C12H15FO3S/c1-8(4-5-14)17-7-9-2-3-10(13)6-11(9)12(15)16/h2-3,6,8,14H,4-5,7H2,1H3,(H,15,16). The summed E-state index contributed by atoms with van der Waals surface area (Å²) in [5.74, 6) is -1.15. The minimum atomic E-state index is -1.12. The number of aromatic carboxylic acids is 1. The van der Waals surface area contributed by atoms with Crippen molar-refractivity contribution in [2.75, 3.05) is 6.61 Å². The van der Waals surface area contributed by atoms with E-state index in [0.29, 0.717) is 17.7 Å². The molecule has 0 heterocycles. The van der Waals surface area contributed by atoms with Gasteiger partial charge in [-0.25, -0.2) is 9.18 Å². The molecule has 0 spiro atoms. The van der Waals surface area contributed by atoms with E-state index in [2.05, 4.69) is 0 Å². The maximum Gasteiger partial charge on any atom is 0.336 e. The summed E-state index contributed by atoms with van der Waals surface area (Å²) < 4.78 is 12.9. The lowest BCUT2D eigenvalue weighted by atomic mass is 10.1. The molecule has 0 radical (unpaired) electrons. The Morgan fingerprint density at radius 2 is 2.24 bits per heavy atom. The van der Waals surface area contributed by atoms with Crippen LogP contribution in [0.3, 0.4) is 0 Å². The van der Waals surface area contributed by atoms with Gasteiger partial charge in [-0.2, -0.15) is 11.8 Å². The highest BCUT2D eigenvalue weighted by atomic mass is 32.2. The number of aliphatic hydroxyl groups is 1. The molecule has 0 fully saturated rings. The van der Waals surface area contributed by atoms with Gasteiger partial charge in [0.2, 0.25) is 0 Å². The van der Waals surface area contributed by atoms with Crippen LogP contribution < -0.4 is 0 Å². The minimum absolute atomic E-state index is 0.00805. The highest BCUT2D eigenvalue weighted by Crippen LogP contribution is 2.22. The second-order valence-electron chi connectivity index (χ2n) is 3.74. The fourth-order valence-electron chi connectivity index (χ4n) is 1.37. The van der Waals surface area contributed by atoms with Crippen molar-refractivity contribution in [1.29, 1.82) is 0 Å². The number of halogens is 1. The molecule has 0 amide bonds. The van der Waals surface area contributed by atoms with Gasteiger partial charge in [0, 0.05) is 17.6 Å². The molecule has 0 aliphatic heterocycles. The Labute approximate surface area is 104 Å². The molecular formula is C12H15FO3S. The predicted molar refractivity (Wildman–Crippen MR) is 65.8 cm³/mol. The van der Waals surface area contributed by atoms with Gasteiger partial charge in [-0.15, -0.1) is 0 Å². The van der Waals surface area contributed by atoms with Crippen molar-refractivity contribution in [1.82, 2.24) is 0 Å². The molecule has 3 nitrogen and oxygen atoms in total. The third kappa shape index (κ3) is 4.36. The van der Waals surface area contributed by atoms with Gasteiger partial charge < -0.3 is 10.2 Å². The van der Waals surface area contributed by atoms with Crippen molar-refractivity contribution in [3.8, 4) is 0 Å². The summed E-state index contributed by atoms with van der Waals surface area (Å²) in [4.78, 5) is 10.9. The molecule has 2 N–H and O–H groups in total. The van der Waals surface area contributed by atoms with Crippen LogP contribution in [0, 0.1) is 5.82 Å². The molecule has 0 aliphatic rings. The van der Waals surface area contributed by atoms with Crippen LogP contribution in [0.15, 0.2) is 18.2 Å². The fraction of sp³-hybridized carbons (Fsp3) is 0.417. The second kappa shape index (κ2) is 6.61. The normalized spacial score (nSPS) is 12.4. The Kier molecular flexibility index (Phi) is 5.44. The van der Waals surface area contributed by atoms with Crippen LogP contribution in [0.25, 0.3) is 0 Å². The fourth-order valence-corrected chi connectivity index (χ4v) is 2.36. The number of hydrogen-bond donors (Lipinski definition) is 2. The van der Waals surface area contributed by atoms with Crippen LogP contribution >= 0.6 is 11.8 Å². The molecule has 1 rings (SSSR count). The zero-order valence-electron chi connectivity index (χ0n) is 9.52. The van der Waals surface area contributed by atoms with E-state index in [1.165, 1.54) is 12.1 Å². The maximum absolute atomic E-state index is 12.9. The zero-order chi connectivity index (χ0) is 12.8. The lowest BCUT2D eigenvalue weighted by Crippen LogP contribution is -2.05. The van der Waals surface area contributed by atoms with Gasteiger partial charge in [0.05, 0.1) is 5.56 Å². The van der Waals surface area contributed by atoms with E-state index in [9.17, 15) is 9.18 Å². The van der Waals surface area contributed by atoms with Crippen LogP contribution in [0.5, 0.6) is 0 Å². The van der Waals surface area contributed by atoms with E-state index in [0.717, 1.165) is 6.07 Å². The number of rotatable bonds is 6. The molecule has 0 aliphatic carbocycles. The molecule has 0 saturated carbocycles. The van der Waals surface area contributed by atoms with E-state index in [1.54, 1.807) is 11.8 Å². The molecule has 5 heteroatoms. The number of carbonyl (C=O) groups is 1. The van der Waals surface area contributed by atoms with Crippen molar-refractivity contribution in [3.63, 3.8) is 0 Å². The molecule has 0 bridgehead atoms. The molecular weight excluding hydrogens is 243 g/mol. The van der Waals surface area contributed by atoms with Gasteiger partial charge in [-0.1, -0.05) is 13.0 Å². The van der Waals surface area contributed by atoms with E-state index >= 15 is 0 Å². The Morgan fingerprint density at radius 3 is 2.82 bits per heavy atom. The lowest BCUT2D eigenvalue weighted by molar-refractivity contribution is 0.0695. The maximum atomic E-state index is 12.9. The van der Waals surface area contributed by atoms with Gasteiger partial charge in [-0.3, -0.25) is 0 Å². The smallest absolute Gasteiger partial charge is 0.336 e. The second-order valence-corrected chi connectivity index (χ2v) is 5.17. The Balaban J connectivity index is 2.73. The molecule has 1 unspecified atom stereocenters. The first-order valence-corrected chi connectivity index (χ1v) is 6.33. The molecule has 1 aromatic carbocycles. The Morgan fingerprint density at radius 1 is 1.53 bits per heavy atom. The van der Waals surface area contributed by atoms with E-state index in [4.69, 9.17) is 10.2 Å². The minimum Gasteiger partial charge on any atom is -0.478 e. The molecule has 0 aromatic heterocycles. The first-order chi connectivity index (χ1) is 8.04. The molecule has 1 atom stereocenters. The van der Waals surface area contributed by atoms with Crippen molar-refractivity contribution in [2.24, 2.45) is 0 Å². The number of thioether (sulfide) groups is 1. The number of carboxylic acid groups (broad SMARTS) is 1. The largest absolute Gasteiger partial charge is 0.478 e. The molecule has 1 aromatic rings. The number of benzene rings is 1. The zero-order valence-corrected chi connectivity index (χ0v) is 10.3. The van der Waals surface area contributed by atoms with Gasteiger partial charge in [0.1, 0.15) is 5.82 Å². The van der Waals surface area contributed by atoms with Gasteiger partial charge >= 0.3 is 5.97 Å². The van der Waals surface area contributed by atoms with E-state index in [1.807, 2.05) is 6.92 Å². The number of aliphatic hydroxyl groups excluding tert-OH is 1. The first kappa shape index (κ1) is 14.0.